The molecule has 3 aromatic heterocycles. The van der Waals surface area contributed by atoms with Crippen LogP contribution in [0.3, 0.4) is 0 Å². The highest BCUT2D eigenvalue weighted by atomic mass is 19.4. The molecule has 0 radical (unpaired) electrons. The van der Waals surface area contributed by atoms with Gasteiger partial charge in [0.25, 0.3) is 5.56 Å². The molecular formula is C24H15F3N4O2. The predicted molar refractivity (Wildman–Crippen MR) is 117 cm³/mol. The average molecular weight is 448 g/mol. The largest absolute Gasteiger partial charge is 0.467 e. The Bertz CT molecular complexity index is 1560. The van der Waals surface area contributed by atoms with Crippen LogP contribution in [-0.2, 0) is 6.18 Å². The maximum absolute atomic E-state index is 13.3. The topological polar surface area (TPSA) is 69.9 Å². The Morgan fingerprint density at radius 1 is 0.879 bits per heavy atom. The van der Waals surface area contributed by atoms with Crippen molar-refractivity contribution < 1.29 is 17.9 Å². The molecule has 0 spiro atoms. The SMILES string of the molecule is COc1ncc(-c2ccc3ncc4ccc(=O)n(-c5cccc(C(F)(F)F)c5)c4c3c2)cn1. The third-order valence-corrected chi connectivity index (χ3v) is 5.29. The van der Waals surface area contributed by atoms with Gasteiger partial charge in [-0.05, 0) is 42.0 Å². The minimum atomic E-state index is -4.53. The Balaban J connectivity index is 1.80. The van der Waals surface area contributed by atoms with Crippen LogP contribution in [0.5, 0.6) is 6.01 Å². The summed E-state index contributed by atoms with van der Waals surface area (Å²) in [5, 5.41) is 1.22. The Morgan fingerprint density at radius 3 is 2.39 bits per heavy atom. The second-order valence-electron chi connectivity index (χ2n) is 7.31. The van der Waals surface area contributed by atoms with Crippen LogP contribution in [0.2, 0.25) is 0 Å². The number of hydrogen-bond donors (Lipinski definition) is 0. The number of aromatic nitrogens is 4. The van der Waals surface area contributed by atoms with Gasteiger partial charge in [-0.25, -0.2) is 9.97 Å². The Kier molecular flexibility index (Phi) is 4.81. The summed E-state index contributed by atoms with van der Waals surface area (Å²) in [6.07, 6.45) is 0.267. The highest BCUT2D eigenvalue weighted by Gasteiger charge is 2.30. The number of pyridine rings is 2. The molecule has 0 bridgehead atoms. The fourth-order valence-electron chi connectivity index (χ4n) is 3.74. The fraction of sp³-hybridized carbons (Fsp3) is 0.0833. The van der Waals surface area contributed by atoms with Crippen molar-refractivity contribution in [2.24, 2.45) is 0 Å². The Hall–Kier alpha value is -4.27. The summed E-state index contributed by atoms with van der Waals surface area (Å²) in [6, 6.07) is 13.3. The van der Waals surface area contributed by atoms with Gasteiger partial charge in [0.15, 0.2) is 0 Å². The number of fused-ring (bicyclic) bond motifs is 3. The van der Waals surface area contributed by atoms with Crippen LogP contribution in [0, 0.1) is 0 Å². The maximum Gasteiger partial charge on any atom is 0.416 e. The standard InChI is InChI=1S/C24H15F3N4O2/c1-33-23-29-12-16(13-30-23)14-5-7-20-19(9-14)22-15(11-28-20)6-8-21(32)31(22)18-4-2-3-17(10-18)24(25,26)27/h2-13H,1H3. The summed E-state index contributed by atoms with van der Waals surface area (Å²) >= 11 is 0. The van der Waals surface area contributed by atoms with Crippen molar-refractivity contribution in [2.45, 2.75) is 6.18 Å². The molecule has 33 heavy (non-hydrogen) atoms. The van der Waals surface area contributed by atoms with E-state index in [4.69, 9.17) is 4.74 Å². The van der Waals surface area contributed by atoms with Crippen LogP contribution in [0.15, 0.2) is 78.0 Å². The highest BCUT2D eigenvalue weighted by Crippen LogP contribution is 2.32. The van der Waals surface area contributed by atoms with Crippen molar-refractivity contribution in [3.05, 3.63) is 89.1 Å². The van der Waals surface area contributed by atoms with Crippen LogP contribution in [0.1, 0.15) is 5.56 Å². The first-order valence-electron chi connectivity index (χ1n) is 9.84. The first-order chi connectivity index (χ1) is 15.8. The molecule has 5 aromatic rings. The van der Waals surface area contributed by atoms with Gasteiger partial charge in [-0.15, -0.1) is 0 Å². The van der Waals surface area contributed by atoms with Gasteiger partial charge in [0, 0.05) is 46.7 Å². The third-order valence-electron chi connectivity index (χ3n) is 5.29. The van der Waals surface area contributed by atoms with E-state index in [0.29, 0.717) is 27.4 Å². The van der Waals surface area contributed by atoms with Crippen LogP contribution in [-0.4, -0.2) is 26.6 Å². The van der Waals surface area contributed by atoms with E-state index in [-0.39, 0.29) is 11.7 Å². The van der Waals surface area contributed by atoms with Crippen LogP contribution >= 0.6 is 0 Å². The number of halogens is 3. The first kappa shape index (κ1) is 20.6. The lowest BCUT2D eigenvalue weighted by molar-refractivity contribution is -0.137. The van der Waals surface area contributed by atoms with E-state index in [1.807, 2.05) is 12.1 Å². The van der Waals surface area contributed by atoms with E-state index in [0.717, 1.165) is 17.7 Å². The van der Waals surface area contributed by atoms with Crippen molar-refractivity contribution in [1.82, 2.24) is 19.5 Å². The second kappa shape index (κ2) is 7.70. The molecule has 5 rings (SSSR count). The molecule has 0 saturated heterocycles. The van der Waals surface area contributed by atoms with Crippen LogP contribution in [0.4, 0.5) is 13.2 Å². The molecule has 0 unspecified atom stereocenters. The van der Waals surface area contributed by atoms with E-state index >= 15 is 0 Å². The molecule has 164 valence electrons. The zero-order chi connectivity index (χ0) is 23.2. The van der Waals surface area contributed by atoms with Crippen molar-refractivity contribution in [1.29, 1.82) is 0 Å². The van der Waals surface area contributed by atoms with E-state index in [9.17, 15) is 18.0 Å². The monoisotopic (exact) mass is 448 g/mol. The number of hydrogen-bond acceptors (Lipinski definition) is 5. The molecule has 0 N–H and O–H groups in total. The maximum atomic E-state index is 13.3. The first-order valence-corrected chi connectivity index (χ1v) is 9.84. The lowest BCUT2D eigenvalue weighted by atomic mass is 10.0. The van der Waals surface area contributed by atoms with Gasteiger partial charge >= 0.3 is 12.2 Å². The molecule has 0 atom stereocenters. The number of methoxy groups -OCH3 is 1. The van der Waals surface area contributed by atoms with E-state index in [1.54, 1.807) is 30.7 Å². The minimum Gasteiger partial charge on any atom is -0.467 e. The van der Waals surface area contributed by atoms with Crippen LogP contribution in [0.25, 0.3) is 38.6 Å². The summed E-state index contributed by atoms with van der Waals surface area (Å²) in [7, 11) is 1.47. The Morgan fingerprint density at radius 2 is 1.67 bits per heavy atom. The summed E-state index contributed by atoms with van der Waals surface area (Å²) in [5.41, 5.74) is 1.34. The Labute approximate surface area is 184 Å². The van der Waals surface area contributed by atoms with E-state index in [2.05, 4.69) is 15.0 Å². The van der Waals surface area contributed by atoms with E-state index in [1.165, 1.54) is 29.9 Å². The zero-order valence-corrected chi connectivity index (χ0v) is 17.2. The molecule has 6 nitrogen and oxygen atoms in total. The molecule has 0 aliphatic heterocycles. The van der Waals surface area contributed by atoms with Crippen molar-refractivity contribution in [3.63, 3.8) is 0 Å². The number of alkyl halides is 3. The fourth-order valence-corrected chi connectivity index (χ4v) is 3.74. The van der Waals surface area contributed by atoms with Gasteiger partial charge in [-0.3, -0.25) is 14.3 Å². The number of nitrogens with zero attached hydrogens (tertiary/aromatic N) is 4. The average Bonchev–Trinajstić information content (AvgIpc) is 2.83. The van der Waals surface area contributed by atoms with Gasteiger partial charge in [0.05, 0.1) is 23.7 Å². The van der Waals surface area contributed by atoms with Gasteiger partial charge in [-0.1, -0.05) is 12.1 Å². The smallest absolute Gasteiger partial charge is 0.416 e. The molecule has 0 aliphatic carbocycles. The summed E-state index contributed by atoms with van der Waals surface area (Å²) in [6.45, 7) is 0. The van der Waals surface area contributed by atoms with Gasteiger partial charge in [-0.2, -0.15) is 13.2 Å². The van der Waals surface area contributed by atoms with Crippen molar-refractivity contribution in [2.75, 3.05) is 7.11 Å². The van der Waals surface area contributed by atoms with Gasteiger partial charge in [0.1, 0.15) is 0 Å². The minimum absolute atomic E-state index is 0.117. The molecule has 0 amide bonds. The molecule has 9 heteroatoms. The van der Waals surface area contributed by atoms with Gasteiger partial charge < -0.3 is 4.74 Å². The van der Waals surface area contributed by atoms with Crippen LogP contribution < -0.4 is 10.3 Å². The third kappa shape index (κ3) is 3.67. The van der Waals surface area contributed by atoms with E-state index < -0.39 is 17.3 Å². The zero-order valence-electron chi connectivity index (χ0n) is 17.2. The molecule has 3 heterocycles. The molecule has 2 aromatic carbocycles. The summed E-state index contributed by atoms with van der Waals surface area (Å²) < 4.78 is 46.3. The molecule has 0 aliphatic rings. The normalized spacial score (nSPS) is 11.8. The summed E-state index contributed by atoms with van der Waals surface area (Å²) in [4.78, 5) is 25.6. The summed E-state index contributed by atoms with van der Waals surface area (Å²) in [5.74, 6) is 0. The van der Waals surface area contributed by atoms with Gasteiger partial charge in [0.2, 0.25) is 0 Å². The lowest BCUT2D eigenvalue weighted by Crippen LogP contribution is -2.18. The number of rotatable bonds is 3. The highest BCUT2D eigenvalue weighted by molar-refractivity contribution is 6.05. The second-order valence-corrected chi connectivity index (χ2v) is 7.31. The predicted octanol–water partition coefficient (Wildman–Crippen LogP) is 5.02. The number of ether oxygens (including phenoxy) is 1. The molecule has 0 saturated carbocycles. The van der Waals surface area contributed by atoms with Crippen molar-refractivity contribution in [3.8, 4) is 22.8 Å². The van der Waals surface area contributed by atoms with Crippen molar-refractivity contribution >= 4 is 21.8 Å². The quantitative estimate of drug-likeness (QED) is 0.363. The molecule has 0 fully saturated rings. The molecular weight excluding hydrogens is 433 g/mol. The number of benzene rings is 2. The lowest BCUT2D eigenvalue weighted by Gasteiger charge is -2.15.